The zero-order chi connectivity index (χ0) is 12.0. The van der Waals surface area contributed by atoms with Gasteiger partial charge in [0.1, 0.15) is 5.54 Å². The van der Waals surface area contributed by atoms with E-state index in [1.54, 1.807) is 0 Å². The molecule has 0 spiro atoms. The maximum absolute atomic E-state index is 9.05. The summed E-state index contributed by atoms with van der Waals surface area (Å²) in [4.78, 5) is 2.57. The Hall–Kier alpha value is -0.590. The molecule has 1 N–H and O–H groups in total. The van der Waals surface area contributed by atoms with Crippen molar-refractivity contribution in [2.75, 3.05) is 20.1 Å². The number of nitriles is 1. The Morgan fingerprint density at radius 2 is 2.25 bits per heavy atom. The van der Waals surface area contributed by atoms with Crippen LogP contribution in [0.3, 0.4) is 0 Å². The Morgan fingerprint density at radius 3 is 2.81 bits per heavy atom. The van der Waals surface area contributed by atoms with E-state index in [1.807, 2.05) is 14.0 Å². The third-order valence-electron chi connectivity index (χ3n) is 3.86. The lowest BCUT2D eigenvalue weighted by Gasteiger charge is -2.34. The summed E-state index contributed by atoms with van der Waals surface area (Å²) in [6, 6.07) is 3.08. The number of nitrogens with zero attached hydrogens (tertiary/aromatic N) is 2. The molecule has 1 aliphatic heterocycles. The van der Waals surface area contributed by atoms with Crippen molar-refractivity contribution in [1.29, 1.82) is 5.26 Å². The van der Waals surface area contributed by atoms with Crippen LogP contribution in [0.1, 0.15) is 46.0 Å². The summed E-state index contributed by atoms with van der Waals surface area (Å²) in [5.74, 6) is 0. The fourth-order valence-electron chi connectivity index (χ4n) is 2.36. The quantitative estimate of drug-likeness (QED) is 0.776. The van der Waals surface area contributed by atoms with E-state index in [4.69, 9.17) is 5.26 Å². The van der Waals surface area contributed by atoms with Crippen LogP contribution in [-0.4, -0.2) is 36.6 Å². The molecule has 0 aliphatic carbocycles. The zero-order valence-corrected chi connectivity index (χ0v) is 10.9. The van der Waals surface area contributed by atoms with E-state index >= 15 is 0 Å². The van der Waals surface area contributed by atoms with Crippen LogP contribution in [0, 0.1) is 11.3 Å². The Balaban J connectivity index is 2.27. The summed E-state index contributed by atoms with van der Waals surface area (Å²) >= 11 is 0. The maximum Gasteiger partial charge on any atom is 0.103 e. The molecule has 16 heavy (non-hydrogen) atoms. The molecule has 3 heteroatoms. The van der Waals surface area contributed by atoms with Crippen molar-refractivity contribution in [1.82, 2.24) is 10.2 Å². The fraction of sp³-hybridized carbons (Fsp3) is 0.923. The molecule has 3 nitrogen and oxygen atoms in total. The van der Waals surface area contributed by atoms with Crippen molar-refractivity contribution < 1.29 is 0 Å². The van der Waals surface area contributed by atoms with Gasteiger partial charge < -0.3 is 10.2 Å². The van der Waals surface area contributed by atoms with Crippen molar-refractivity contribution in [3.63, 3.8) is 0 Å². The number of rotatable bonds is 5. The van der Waals surface area contributed by atoms with Gasteiger partial charge in [-0.1, -0.05) is 6.42 Å². The first-order valence-electron chi connectivity index (χ1n) is 6.45. The summed E-state index contributed by atoms with van der Waals surface area (Å²) in [6.45, 7) is 6.68. The van der Waals surface area contributed by atoms with Crippen molar-refractivity contribution in [3.05, 3.63) is 0 Å². The number of hydrogen-bond acceptors (Lipinski definition) is 3. The van der Waals surface area contributed by atoms with E-state index in [-0.39, 0.29) is 5.54 Å². The van der Waals surface area contributed by atoms with E-state index in [0.717, 1.165) is 25.4 Å². The lowest BCUT2D eigenvalue weighted by atomic mass is 9.97. The van der Waals surface area contributed by atoms with Gasteiger partial charge >= 0.3 is 0 Å². The van der Waals surface area contributed by atoms with Gasteiger partial charge in [-0.15, -0.1) is 0 Å². The monoisotopic (exact) mass is 223 g/mol. The van der Waals surface area contributed by atoms with Crippen LogP contribution >= 0.6 is 0 Å². The van der Waals surface area contributed by atoms with Crippen molar-refractivity contribution in [3.8, 4) is 6.07 Å². The number of hydrogen-bond donors (Lipinski definition) is 1. The standard InChI is InChI=1S/C13H25N3/c1-12-7-4-5-9-16(12)10-6-8-13(2,11-14)15-3/h12,15H,4-10H2,1-3H3. The lowest BCUT2D eigenvalue weighted by Crippen LogP contribution is -2.41. The van der Waals surface area contributed by atoms with Crippen LogP contribution in [0.15, 0.2) is 0 Å². The molecule has 2 unspecified atom stereocenters. The van der Waals surface area contributed by atoms with Gasteiger partial charge in [0, 0.05) is 6.04 Å². The Labute approximate surface area is 99.8 Å². The first-order chi connectivity index (χ1) is 7.61. The molecule has 0 aromatic rings. The van der Waals surface area contributed by atoms with Crippen LogP contribution in [-0.2, 0) is 0 Å². The molecule has 1 fully saturated rings. The number of piperidine rings is 1. The third kappa shape index (κ3) is 3.77. The second-order valence-electron chi connectivity index (χ2n) is 5.18. The second kappa shape index (κ2) is 6.22. The smallest absolute Gasteiger partial charge is 0.103 e. The van der Waals surface area contributed by atoms with E-state index < -0.39 is 0 Å². The van der Waals surface area contributed by atoms with E-state index in [2.05, 4.69) is 23.2 Å². The van der Waals surface area contributed by atoms with Crippen molar-refractivity contribution >= 4 is 0 Å². The average molecular weight is 223 g/mol. The molecule has 0 aromatic carbocycles. The third-order valence-corrected chi connectivity index (χ3v) is 3.86. The fourth-order valence-corrected chi connectivity index (χ4v) is 2.36. The van der Waals surface area contributed by atoms with Gasteiger partial charge in [0.15, 0.2) is 0 Å². The Morgan fingerprint density at radius 1 is 1.50 bits per heavy atom. The molecule has 1 saturated heterocycles. The first-order valence-corrected chi connectivity index (χ1v) is 6.45. The van der Waals surface area contributed by atoms with Gasteiger partial charge in [0.25, 0.3) is 0 Å². The predicted octanol–water partition coefficient (Wildman–Crippen LogP) is 2.14. The highest BCUT2D eigenvalue weighted by atomic mass is 15.2. The summed E-state index contributed by atoms with van der Waals surface area (Å²) < 4.78 is 0. The Kier molecular flexibility index (Phi) is 5.24. The maximum atomic E-state index is 9.05. The van der Waals surface area contributed by atoms with Gasteiger partial charge in [0.2, 0.25) is 0 Å². The summed E-state index contributed by atoms with van der Waals surface area (Å²) in [5, 5.41) is 12.1. The van der Waals surface area contributed by atoms with Gasteiger partial charge in [-0.05, 0) is 59.7 Å². The van der Waals surface area contributed by atoms with Gasteiger partial charge in [-0.3, -0.25) is 0 Å². The van der Waals surface area contributed by atoms with Gasteiger partial charge in [-0.2, -0.15) is 5.26 Å². The molecule has 0 aromatic heterocycles. The first kappa shape index (κ1) is 13.5. The summed E-state index contributed by atoms with van der Waals surface area (Å²) in [7, 11) is 1.87. The van der Waals surface area contributed by atoms with Crippen LogP contribution < -0.4 is 5.32 Å². The molecule has 0 saturated carbocycles. The molecule has 0 bridgehead atoms. The van der Waals surface area contributed by atoms with E-state index in [1.165, 1.54) is 25.8 Å². The summed E-state index contributed by atoms with van der Waals surface area (Å²) in [6.07, 6.45) is 6.09. The van der Waals surface area contributed by atoms with Gasteiger partial charge in [0.05, 0.1) is 6.07 Å². The van der Waals surface area contributed by atoms with Crippen molar-refractivity contribution in [2.45, 2.75) is 57.5 Å². The molecular weight excluding hydrogens is 198 g/mol. The largest absolute Gasteiger partial charge is 0.303 e. The molecule has 0 amide bonds. The van der Waals surface area contributed by atoms with E-state index in [9.17, 15) is 0 Å². The molecule has 1 aliphatic rings. The van der Waals surface area contributed by atoms with E-state index in [0.29, 0.717) is 0 Å². The minimum absolute atomic E-state index is 0.348. The van der Waals surface area contributed by atoms with Gasteiger partial charge in [-0.25, -0.2) is 0 Å². The second-order valence-corrected chi connectivity index (χ2v) is 5.18. The molecule has 92 valence electrons. The molecule has 1 heterocycles. The highest BCUT2D eigenvalue weighted by Gasteiger charge is 2.22. The molecule has 0 radical (unpaired) electrons. The average Bonchev–Trinajstić information content (AvgIpc) is 2.31. The molecule has 1 rings (SSSR count). The zero-order valence-electron chi connectivity index (χ0n) is 10.9. The topological polar surface area (TPSA) is 39.1 Å². The minimum Gasteiger partial charge on any atom is -0.303 e. The summed E-state index contributed by atoms with van der Waals surface area (Å²) in [5.41, 5.74) is -0.348. The lowest BCUT2D eigenvalue weighted by molar-refractivity contribution is 0.155. The normalized spacial score (nSPS) is 26.0. The van der Waals surface area contributed by atoms with Crippen molar-refractivity contribution in [2.24, 2.45) is 0 Å². The van der Waals surface area contributed by atoms with Crippen LogP contribution in [0.5, 0.6) is 0 Å². The number of likely N-dealkylation sites (tertiary alicyclic amines) is 1. The minimum atomic E-state index is -0.348. The highest BCUT2D eigenvalue weighted by Crippen LogP contribution is 2.18. The Bertz CT molecular complexity index is 246. The predicted molar refractivity (Wildman–Crippen MR) is 67.2 cm³/mol. The van der Waals surface area contributed by atoms with Crippen LogP contribution in [0.4, 0.5) is 0 Å². The molecular formula is C13H25N3. The SMILES string of the molecule is CNC(C)(C#N)CCCN1CCCCC1C. The van der Waals surface area contributed by atoms with Crippen LogP contribution in [0.2, 0.25) is 0 Å². The number of nitrogens with one attached hydrogen (secondary N) is 1. The molecule has 2 atom stereocenters. The van der Waals surface area contributed by atoms with Crippen LogP contribution in [0.25, 0.3) is 0 Å². The highest BCUT2D eigenvalue weighted by molar-refractivity contribution is 5.02.